The lowest BCUT2D eigenvalue weighted by atomic mass is 9.84. The summed E-state index contributed by atoms with van der Waals surface area (Å²) >= 11 is 0. The Kier molecular flexibility index (Phi) is 5.10. The van der Waals surface area contributed by atoms with Crippen LogP contribution in [0.4, 0.5) is 18.9 Å². The quantitative estimate of drug-likeness (QED) is 0.507. The normalized spacial score (nSPS) is 17.9. The Labute approximate surface area is 139 Å². The van der Waals surface area contributed by atoms with E-state index in [1.807, 2.05) is 0 Å². The number of carbonyl (C=O) groups excluding carboxylic acids is 2. The number of nitro benzene ring substituents is 1. The average molecular weight is 358 g/mol. The van der Waals surface area contributed by atoms with Gasteiger partial charge in [-0.3, -0.25) is 14.9 Å². The molecule has 0 radical (unpaired) electrons. The lowest BCUT2D eigenvalue weighted by molar-refractivity contribution is -0.384. The van der Waals surface area contributed by atoms with Crippen LogP contribution in [0.15, 0.2) is 35.5 Å². The van der Waals surface area contributed by atoms with Crippen molar-refractivity contribution in [3.8, 4) is 0 Å². The molecular weight excluding hydrogens is 345 g/mol. The molecule has 1 aliphatic heterocycles. The lowest BCUT2D eigenvalue weighted by Gasteiger charge is -2.28. The van der Waals surface area contributed by atoms with E-state index in [1.165, 1.54) is 19.1 Å². The third-order valence-corrected chi connectivity index (χ3v) is 3.56. The highest BCUT2D eigenvalue weighted by Gasteiger charge is 2.45. The molecule has 25 heavy (non-hydrogen) atoms. The smallest absolute Gasteiger partial charge is 0.431 e. The number of nitrogens with zero attached hydrogens (tertiary/aromatic N) is 1. The van der Waals surface area contributed by atoms with Crippen molar-refractivity contribution in [3.63, 3.8) is 0 Å². The first-order chi connectivity index (χ1) is 11.6. The van der Waals surface area contributed by atoms with Gasteiger partial charge in [-0.2, -0.15) is 13.2 Å². The van der Waals surface area contributed by atoms with Crippen molar-refractivity contribution in [2.45, 2.75) is 25.4 Å². The number of ether oxygens (including phenoxy) is 1. The summed E-state index contributed by atoms with van der Waals surface area (Å²) < 4.78 is 44.5. The summed E-state index contributed by atoms with van der Waals surface area (Å²) in [4.78, 5) is 33.8. The van der Waals surface area contributed by atoms with Gasteiger partial charge in [-0.05, 0) is 12.5 Å². The molecule has 0 saturated carbocycles. The molecule has 1 aromatic carbocycles. The van der Waals surface area contributed by atoms with Crippen molar-refractivity contribution in [1.29, 1.82) is 0 Å². The Morgan fingerprint density at radius 3 is 2.44 bits per heavy atom. The van der Waals surface area contributed by atoms with Crippen LogP contribution in [-0.2, 0) is 14.3 Å². The summed E-state index contributed by atoms with van der Waals surface area (Å²) in [5, 5.41) is 12.4. The fourth-order valence-electron chi connectivity index (χ4n) is 2.51. The van der Waals surface area contributed by atoms with Crippen LogP contribution < -0.4 is 5.32 Å². The summed E-state index contributed by atoms with van der Waals surface area (Å²) in [6.45, 7) is 1.29. The number of carbonyl (C=O) groups is 2. The zero-order valence-corrected chi connectivity index (χ0v) is 12.9. The zero-order chi connectivity index (χ0) is 18.8. The highest BCUT2D eigenvalue weighted by Crippen LogP contribution is 2.39. The molecule has 0 fully saturated rings. The van der Waals surface area contributed by atoms with Crippen LogP contribution >= 0.6 is 0 Å². The summed E-state index contributed by atoms with van der Waals surface area (Å²) in [5.74, 6) is -3.33. The van der Waals surface area contributed by atoms with Gasteiger partial charge >= 0.3 is 12.1 Å². The molecule has 134 valence electrons. The predicted octanol–water partition coefficient (Wildman–Crippen LogP) is 2.58. The Morgan fingerprint density at radius 1 is 1.36 bits per heavy atom. The second-order valence-electron chi connectivity index (χ2n) is 5.16. The van der Waals surface area contributed by atoms with Gasteiger partial charge < -0.3 is 10.1 Å². The first-order valence-electron chi connectivity index (χ1n) is 7.17. The Hall–Kier alpha value is -2.91. The number of hydrogen-bond donors (Lipinski definition) is 1. The average Bonchev–Trinajstić information content (AvgIpc) is 2.53. The first kappa shape index (κ1) is 18.4. The van der Waals surface area contributed by atoms with Crippen molar-refractivity contribution in [3.05, 3.63) is 51.2 Å². The molecule has 0 aliphatic carbocycles. The number of esters is 1. The van der Waals surface area contributed by atoms with E-state index in [0.29, 0.717) is 0 Å². The van der Waals surface area contributed by atoms with Crippen LogP contribution in [0, 0.1) is 10.1 Å². The van der Waals surface area contributed by atoms with E-state index in [-0.39, 0.29) is 17.9 Å². The summed E-state index contributed by atoms with van der Waals surface area (Å²) in [7, 11) is 0. The van der Waals surface area contributed by atoms with Crippen LogP contribution in [-0.4, -0.2) is 29.6 Å². The van der Waals surface area contributed by atoms with Crippen LogP contribution in [0.25, 0.3) is 0 Å². The van der Waals surface area contributed by atoms with E-state index < -0.39 is 46.6 Å². The standard InChI is InChI=1S/C15H13F3N2O5/c1-2-25-14(22)12-10(7-11(21)19-13(12)15(16,17)18)8-3-5-9(6-4-8)20(23)24/h3-6,10H,2,7H2,1H3,(H,19,21). The number of alkyl halides is 3. The van der Waals surface area contributed by atoms with Gasteiger partial charge in [0.1, 0.15) is 5.70 Å². The van der Waals surface area contributed by atoms with Crippen molar-refractivity contribution >= 4 is 17.6 Å². The molecule has 2 rings (SSSR count). The van der Waals surface area contributed by atoms with Gasteiger partial charge in [0.2, 0.25) is 5.91 Å². The third kappa shape index (κ3) is 3.95. The van der Waals surface area contributed by atoms with Crippen LogP contribution in [0.2, 0.25) is 0 Å². The summed E-state index contributed by atoms with van der Waals surface area (Å²) in [5.41, 5.74) is -2.28. The lowest BCUT2D eigenvalue weighted by Crippen LogP contribution is -2.41. The highest BCUT2D eigenvalue weighted by molar-refractivity contribution is 5.96. The fraction of sp³-hybridized carbons (Fsp3) is 0.333. The van der Waals surface area contributed by atoms with Crippen molar-refractivity contribution in [1.82, 2.24) is 5.32 Å². The Morgan fingerprint density at radius 2 is 1.96 bits per heavy atom. The maximum Gasteiger partial charge on any atom is 0.431 e. The van der Waals surface area contributed by atoms with Gasteiger partial charge in [0, 0.05) is 24.5 Å². The largest absolute Gasteiger partial charge is 0.463 e. The molecule has 0 aromatic heterocycles. The number of benzene rings is 1. The molecule has 0 saturated heterocycles. The fourth-order valence-corrected chi connectivity index (χ4v) is 2.51. The van der Waals surface area contributed by atoms with Gasteiger partial charge in [0.25, 0.3) is 5.69 Å². The first-order valence-corrected chi connectivity index (χ1v) is 7.17. The predicted molar refractivity (Wildman–Crippen MR) is 78.3 cm³/mol. The SMILES string of the molecule is CCOC(=O)C1=C(C(F)(F)F)NC(=O)CC1c1ccc([N+](=O)[O-])cc1. The van der Waals surface area contributed by atoms with E-state index in [0.717, 1.165) is 12.1 Å². The molecule has 1 aliphatic rings. The number of nitrogens with one attached hydrogen (secondary N) is 1. The molecule has 1 unspecified atom stereocenters. The van der Waals surface area contributed by atoms with Crippen molar-refractivity contribution < 1.29 is 32.4 Å². The highest BCUT2D eigenvalue weighted by atomic mass is 19.4. The van der Waals surface area contributed by atoms with E-state index in [2.05, 4.69) is 0 Å². The number of rotatable bonds is 4. The van der Waals surface area contributed by atoms with Crippen LogP contribution in [0.3, 0.4) is 0 Å². The monoisotopic (exact) mass is 358 g/mol. The number of allylic oxidation sites excluding steroid dienone is 1. The van der Waals surface area contributed by atoms with E-state index in [1.54, 1.807) is 5.32 Å². The number of nitro groups is 1. The maximum absolute atomic E-state index is 13.3. The topological polar surface area (TPSA) is 98.5 Å². The Bertz CT molecular complexity index is 741. The van der Waals surface area contributed by atoms with Crippen LogP contribution in [0.1, 0.15) is 24.8 Å². The molecule has 0 bridgehead atoms. The maximum atomic E-state index is 13.3. The van der Waals surface area contributed by atoms with Gasteiger partial charge in [0.05, 0.1) is 17.1 Å². The minimum atomic E-state index is -4.96. The molecule has 1 atom stereocenters. The van der Waals surface area contributed by atoms with E-state index in [4.69, 9.17) is 4.74 Å². The minimum absolute atomic E-state index is 0.144. The molecule has 1 amide bonds. The number of hydrogen-bond acceptors (Lipinski definition) is 5. The number of amides is 1. The summed E-state index contributed by atoms with van der Waals surface area (Å²) in [6.07, 6.45) is -5.37. The molecule has 1 heterocycles. The molecule has 1 N–H and O–H groups in total. The molecule has 0 spiro atoms. The molecular formula is C15H13F3N2O5. The van der Waals surface area contributed by atoms with Crippen molar-refractivity contribution in [2.24, 2.45) is 0 Å². The van der Waals surface area contributed by atoms with E-state index in [9.17, 15) is 32.9 Å². The second kappa shape index (κ2) is 6.91. The Balaban J connectivity index is 2.57. The van der Waals surface area contributed by atoms with Gasteiger partial charge in [0.15, 0.2) is 0 Å². The van der Waals surface area contributed by atoms with Gasteiger partial charge in [-0.25, -0.2) is 4.79 Å². The minimum Gasteiger partial charge on any atom is -0.463 e. The van der Waals surface area contributed by atoms with Gasteiger partial charge in [-0.1, -0.05) is 12.1 Å². The zero-order valence-electron chi connectivity index (χ0n) is 12.9. The molecule has 1 aromatic rings. The van der Waals surface area contributed by atoms with E-state index >= 15 is 0 Å². The number of non-ortho nitro benzene ring substituents is 1. The number of halogens is 3. The van der Waals surface area contributed by atoms with Crippen LogP contribution in [0.5, 0.6) is 0 Å². The summed E-state index contributed by atoms with van der Waals surface area (Å²) in [6, 6.07) is 4.62. The van der Waals surface area contributed by atoms with Gasteiger partial charge in [-0.15, -0.1) is 0 Å². The molecule has 7 nitrogen and oxygen atoms in total. The second-order valence-corrected chi connectivity index (χ2v) is 5.16. The van der Waals surface area contributed by atoms with Crippen molar-refractivity contribution in [2.75, 3.05) is 6.61 Å². The third-order valence-electron chi connectivity index (χ3n) is 3.56. The molecule has 10 heteroatoms.